The Hall–Kier alpha value is -2.44. The van der Waals surface area contributed by atoms with E-state index in [1.54, 1.807) is 0 Å². The van der Waals surface area contributed by atoms with Crippen LogP contribution in [0.2, 0.25) is 0 Å². The summed E-state index contributed by atoms with van der Waals surface area (Å²) >= 11 is 0. The summed E-state index contributed by atoms with van der Waals surface area (Å²) in [4.78, 5) is 26.1. The highest BCUT2D eigenvalue weighted by molar-refractivity contribution is 5.77. The number of carbonyl (C=O) groups excluding carboxylic acids is 2. The maximum absolute atomic E-state index is 13.2. The number of amides is 1. The lowest BCUT2D eigenvalue weighted by molar-refractivity contribution is -0.151. The summed E-state index contributed by atoms with van der Waals surface area (Å²) in [6.07, 6.45) is 61.4. The molecule has 3 N–H and O–H groups in total. The zero-order chi connectivity index (χ0) is 45.2. The molecule has 0 saturated heterocycles. The molecule has 0 saturated carbocycles. The molecule has 1 amide bonds. The number of allylic oxidation sites excluding steroid dienone is 10. The van der Waals surface area contributed by atoms with Crippen LogP contribution in [0.25, 0.3) is 0 Å². The van der Waals surface area contributed by atoms with Crippen molar-refractivity contribution >= 4 is 11.9 Å². The second-order valence-corrected chi connectivity index (χ2v) is 18.0. The number of esters is 1. The van der Waals surface area contributed by atoms with E-state index in [4.69, 9.17) is 4.74 Å². The summed E-state index contributed by atoms with van der Waals surface area (Å²) in [6.45, 7) is 6.32. The summed E-state index contributed by atoms with van der Waals surface area (Å²) in [7, 11) is 0. The third kappa shape index (κ3) is 44.2. The molecule has 0 radical (unpaired) electrons. The lowest BCUT2D eigenvalue weighted by Gasteiger charge is -2.24. The van der Waals surface area contributed by atoms with Gasteiger partial charge in [-0.25, -0.2) is 0 Å². The number of nitrogens with one attached hydrogen (secondary N) is 1. The summed E-state index contributed by atoms with van der Waals surface area (Å²) in [6, 6.07) is -0.716. The van der Waals surface area contributed by atoms with Gasteiger partial charge in [-0.15, -0.1) is 0 Å². The van der Waals surface area contributed by atoms with Crippen LogP contribution in [-0.4, -0.2) is 46.9 Å². The lowest BCUT2D eigenvalue weighted by atomic mass is 10.0. The molecular weight excluding hydrogens is 767 g/mol. The largest absolute Gasteiger partial charge is 0.462 e. The maximum Gasteiger partial charge on any atom is 0.306 e. The first-order chi connectivity index (χ1) is 30.5. The number of unbranched alkanes of at least 4 members (excludes halogenated alkanes) is 28. The van der Waals surface area contributed by atoms with Gasteiger partial charge in [0.1, 0.15) is 6.10 Å². The third-order valence-corrected chi connectivity index (χ3v) is 11.9. The highest BCUT2D eigenvalue weighted by Crippen LogP contribution is 2.18. The number of hydrogen-bond donors (Lipinski definition) is 3. The van der Waals surface area contributed by atoms with Crippen molar-refractivity contribution in [2.75, 3.05) is 6.61 Å². The second-order valence-electron chi connectivity index (χ2n) is 18.0. The molecule has 0 aromatic heterocycles. The fourth-order valence-electron chi connectivity index (χ4n) is 7.89. The molecule has 0 fully saturated rings. The molecule has 6 nitrogen and oxygen atoms in total. The molecule has 0 aliphatic rings. The standard InChI is InChI=1S/C56H101NO5/c1-4-7-10-13-16-19-22-24-26-27-29-30-33-36-39-42-45-48-54(59)53(51-58)57-55(60)50-52(47-44-41-38-35-32-21-18-15-12-9-6-3)62-56(61)49-46-43-40-37-34-31-28-25-23-20-17-14-11-8-5-2/h9,12,15,17-18,20-21,23,25,32,52-54,58-59H,4-8,10-11,13-14,16,19,22,24,26-31,33-51H2,1-3H3,(H,57,60)/b12-9+,18-15+,20-17+,25-23+,32-21-. The third-order valence-electron chi connectivity index (χ3n) is 11.9. The van der Waals surface area contributed by atoms with Gasteiger partial charge in [-0.2, -0.15) is 0 Å². The molecule has 0 aliphatic carbocycles. The first kappa shape index (κ1) is 59.6. The Morgan fingerprint density at radius 3 is 1.37 bits per heavy atom. The Bertz CT molecular complexity index is 1110. The van der Waals surface area contributed by atoms with Crippen molar-refractivity contribution in [2.45, 2.75) is 277 Å². The maximum atomic E-state index is 13.2. The van der Waals surface area contributed by atoms with E-state index in [-0.39, 0.29) is 24.9 Å². The van der Waals surface area contributed by atoms with Gasteiger partial charge in [0, 0.05) is 6.42 Å². The van der Waals surface area contributed by atoms with E-state index in [1.807, 2.05) is 12.2 Å². The zero-order valence-corrected chi connectivity index (χ0v) is 41.0. The van der Waals surface area contributed by atoms with E-state index in [2.05, 4.69) is 74.7 Å². The minimum atomic E-state index is -0.800. The molecule has 3 atom stereocenters. The molecule has 3 unspecified atom stereocenters. The molecular formula is C56H101NO5. The highest BCUT2D eigenvalue weighted by Gasteiger charge is 2.24. The molecule has 0 aromatic rings. The van der Waals surface area contributed by atoms with Gasteiger partial charge in [-0.1, -0.05) is 236 Å². The number of aliphatic hydroxyl groups is 2. The van der Waals surface area contributed by atoms with E-state index in [9.17, 15) is 19.8 Å². The van der Waals surface area contributed by atoms with Crippen LogP contribution in [-0.2, 0) is 14.3 Å². The fraction of sp³-hybridized carbons (Fsp3) is 0.786. The molecule has 360 valence electrons. The van der Waals surface area contributed by atoms with Crippen molar-refractivity contribution in [1.29, 1.82) is 0 Å². The van der Waals surface area contributed by atoms with Crippen LogP contribution in [0.15, 0.2) is 60.8 Å². The SMILES string of the molecule is CC/C=C/C=C/C=C\CCCCCC(CC(=O)NC(CO)C(O)CCCCCCCCCCCCCCCCCCC)OC(=O)CCCCCCCC/C=C/C=C/CCCCC. The lowest BCUT2D eigenvalue weighted by Crippen LogP contribution is -2.46. The monoisotopic (exact) mass is 868 g/mol. The molecule has 0 spiro atoms. The van der Waals surface area contributed by atoms with E-state index in [0.29, 0.717) is 19.3 Å². The summed E-state index contributed by atoms with van der Waals surface area (Å²) in [5.41, 5.74) is 0. The molecule has 6 heteroatoms. The first-order valence-corrected chi connectivity index (χ1v) is 26.6. The fourth-order valence-corrected chi connectivity index (χ4v) is 7.89. The van der Waals surface area contributed by atoms with Crippen LogP contribution in [0.1, 0.15) is 258 Å². The van der Waals surface area contributed by atoms with Gasteiger partial charge >= 0.3 is 5.97 Å². The predicted octanol–water partition coefficient (Wildman–Crippen LogP) is 16.0. The van der Waals surface area contributed by atoms with Crippen molar-refractivity contribution in [2.24, 2.45) is 0 Å². The van der Waals surface area contributed by atoms with Gasteiger partial charge in [0.05, 0.1) is 25.2 Å². The van der Waals surface area contributed by atoms with Gasteiger partial charge in [-0.05, 0) is 70.6 Å². The zero-order valence-electron chi connectivity index (χ0n) is 41.0. The van der Waals surface area contributed by atoms with Crippen LogP contribution < -0.4 is 5.32 Å². The predicted molar refractivity (Wildman–Crippen MR) is 268 cm³/mol. The number of ether oxygens (including phenoxy) is 1. The molecule has 0 heterocycles. The van der Waals surface area contributed by atoms with Crippen molar-refractivity contribution < 1.29 is 24.5 Å². The first-order valence-electron chi connectivity index (χ1n) is 26.6. The van der Waals surface area contributed by atoms with Crippen molar-refractivity contribution in [3.05, 3.63) is 60.8 Å². The van der Waals surface area contributed by atoms with Gasteiger partial charge in [-0.3, -0.25) is 9.59 Å². The van der Waals surface area contributed by atoms with Crippen LogP contribution in [0.5, 0.6) is 0 Å². The van der Waals surface area contributed by atoms with Crippen LogP contribution in [0.3, 0.4) is 0 Å². The molecule has 0 aliphatic heterocycles. The van der Waals surface area contributed by atoms with Crippen molar-refractivity contribution in [3.8, 4) is 0 Å². The topological polar surface area (TPSA) is 95.9 Å². The van der Waals surface area contributed by atoms with E-state index in [1.165, 1.54) is 135 Å². The van der Waals surface area contributed by atoms with E-state index < -0.39 is 18.2 Å². The van der Waals surface area contributed by atoms with Gasteiger partial charge in [0.15, 0.2) is 0 Å². The summed E-state index contributed by atoms with van der Waals surface area (Å²) in [5.74, 6) is -0.520. The van der Waals surface area contributed by atoms with Crippen LogP contribution >= 0.6 is 0 Å². The Kier molecular flexibility index (Phi) is 47.6. The normalized spacial score (nSPS) is 13.7. The molecule has 0 bridgehead atoms. The average Bonchev–Trinajstić information content (AvgIpc) is 3.26. The Balaban J connectivity index is 4.52. The summed E-state index contributed by atoms with van der Waals surface area (Å²) in [5, 5.41) is 23.8. The van der Waals surface area contributed by atoms with Gasteiger partial charge in [0.2, 0.25) is 5.91 Å². The number of rotatable bonds is 47. The number of hydrogen-bond acceptors (Lipinski definition) is 5. The Morgan fingerprint density at radius 2 is 0.871 bits per heavy atom. The van der Waals surface area contributed by atoms with Gasteiger partial charge < -0.3 is 20.3 Å². The smallest absolute Gasteiger partial charge is 0.306 e. The van der Waals surface area contributed by atoms with Gasteiger partial charge in [0.25, 0.3) is 0 Å². The Morgan fingerprint density at radius 1 is 0.484 bits per heavy atom. The second kappa shape index (κ2) is 49.6. The van der Waals surface area contributed by atoms with Crippen molar-refractivity contribution in [3.63, 3.8) is 0 Å². The molecule has 62 heavy (non-hydrogen) atoms. The van der Waals surface area contributed by atoms with Crippen molar-refractivity contribution in [1.82, 2.24) is 5.32 Å². The average molecular weight is 868 g/mol. The Labute approximate surface area is 384 Å². The quantitative estimate of drug-likeness (QED) is 0.0322. The molecule has 0 aromatic carbocycles. The summed E-state index contributed by atoms with van der Waals surface area (Å²) < 4.78 is 5.91. The number of aliphatic hydroxyl groups excluding tert-OH is 2. The minimum absolute atomic E-state index is 0.0488. The van der Waals surface area contributed by atoms with Crippen LogP contribution in [0.4, 0.5) is 0 Å². The number of carbonyl (C=O) groups is 2. The minimum Gasteiger partial charge on any atom is -0.462 e. The highest BCUT2D eigenvalue weighted by atomic mass is 16.5. The molecule has 0 rings (SSSR count). The van der Waals surface area contributed by atoms with E-state index >= 15 is 0 Å². The van der Waals surface area contributed by atoms with E-state index in [0.717, 1.165) is 77.0 Å². The van der Waals surface area contributed by atoms with Crippen LogP contribution in [0, 0.1) is 0 Å².